The predicted molar refractivity (Wildman–Crippen MR) is 98.5 cm³/mol. The van der Waals surface area contributed by atoms with Gasteiger partial charge in [0.15, 0.2) is 11.4 Å². The molecule has 0 saturated carbocycles. The standard InChI is InChI=1S/C19H18ClFN2O5/c1-26-16-14-11(15(19(25)28-3)22-17(16)27-2)6-7-23(18(14)24)9-10-4-5-13(21)12(20)8-10/h4-5,8H,6-7,9H2,1-3H3. The molecule has 0 spiro atoms. The molecule has 1 aromatic carbocycles. The number of nitrogens with zero attached hydrogens (tertiary/aromatic N) is 2. The van der Waals surface area contributed by atoms with Gasteiger partial charge in [-0.3, -0.25) is 4.79 Å². The molecule has 0 bridgehead atoms. The molecule has 0 unspecified atom stereocenters. The molecule has 1 aliphatic heterocycles. The third-order valence-electron chi connectivity index (χ3n) is 4.49. The van der Waals surface area contributed by atoms with Crippen molar-refractivity contribution in [2.75, 3.05) is 27.9 Å². The lowest BCUT2D eigenvalue weighted by Gasteiger charge is -2.30. The Hall–Kier alpha value is -2.87. The number of carbonyl (C=O) groups excluding carboxylic acids is 2. The van der Waals surface area contributed by atoms with Crippen LogP contribution in [0.2, 0.25) is 5.02 Å². The third kappa shape index (κ3) is 3.47. The Morgan fingerprint density at radius 2 is 2.04 bits per heavy atom. The van der Waals surface area contributed by atoms with Gasteiger partial charge in [0.1, 0.15) is 5.82 Å². The van der Waals surface area contributed by atoms with Gasteiger partial charge in [-0.05, 0) is 24.1 Å². The van der Waals surface area contributed by atoms with Crippen molar-refractivity contribution in [3.05, 3.63) is 51.4 Å². The molecule has 0 fully saturated rings. The summed E-state index contributed by atoms with van der Waals surface area (Å²) in [7, 11) is 4.00. The summed E-state index contributed by atoms with van der Waals surface area (Å²) in [6, 6.07) is 4.29. The first-order valence-corrected chi connectivity index (χ1v) is 8.75. The van der Waals surface area contributed by atoms with Crippen LogP contribution in [-0.4, -0.2) is 49.6 Å². The van der Waals surface area contributed by atoms with Gasteiger partial charge < -0.3 is 19.1 Å². The highest BCUT2D eigenvalue weighted by atomic mass is 35.5. The molecule has 7 nitrogen and oxygen atoms in total. The molecule has 1 amide bonds. The van der Waals surface area contributed by atoms with Gasteiger partial charge in [0.2, 0.25) is 0 Å². The Morgan fingerprint density at radius 3 is 2.64 bits per heavy atom. The molecular weight excluding hydrogens is 391 g/mol. The average molecular weight is 409 g/mol. The zero-order valence-corrected chi connectivity index (χ0v) is 16.3. The normalized spacial score (nSPS) is 13.2. The van der Waals surface area contributed by atoms with Crippen LogP contribution in [0, 0.1) is 5.82 Å². The monoisotopic (exact) mass is 408 g/mol. The number of hydrogen-bond acceptors (Lipinski definition) is 6. The summed E-state index contributed by atoms with van der Waals surface area (Å²) in [6.45, 7) is 0.557. The average Bonchev–Trinajstić information content (AvgIpc) is 2.70. The molecule has 0 saturated heterocycles. The van der Waals surface area contributed by atoms with Crippen molar-refractivity contribution in [1.82, 2.24) is 9.88 Å². The highest BCUT2D eigenvalue weighted by Gasteiger charge is 2.35. The van der Waals surface area contributed by atoms with Crippen molar-refractivity contribution in [1.29, 1.82) is 0 Å². The van der Waals surface area contributed by atoms with E-state index in [4.69, 9.17) is 25.8 Å². The molecule has 0 N–H and O–H groups in total. The second-order valence-corrected chi connectivity index (χ2v) is 6.48. The molecule has 0 radical (unpaired) electrons. The number of hydrogen-bond donors (Lipinski definition) is 0. The number of halogens is 2. The molecule has 2 aromatic rings. The van der Waals surface area contributed by atoms with Crippen LogP contribution in [0.15, 0.2) is 18.2 Å². The van der Waals surface area contributed by atoms with Crippen molar-refractivity contribution >= 4 is 23.5 Å². The van der Waals surface area contributed by atoms with Crippen molar-refractivity contribution < 1.29 is 28.2 Å². The summed E-state index contributed by atoms with van der Waals surface area (Å²) in [4.78, 5) is 31.1. The van der Waals surface area contributed by atoms with E-state index in [9.17, 15) is 14.0 Å². The van der Waals surface area contributed by atoms with Gasteiger partial charge in [-0.15, -0.1) is 0 Å². The summed E-state index contributed by atoms with van der Waals surface area (Å²) >= 11 is 5.83. The maximum Gasteiger partial charge on any atom is 0.357 e. The smallest absolute Gasteiger partial charge is 0.357 e. The van der Waals surface area contributed by atoms with Gasteiger partial charge in [0.25, 0.3) is 11.8 Å². The van der Waals surface area contributed by atoms with E-state index in [0.29, 0.717) is 24.1 Å². The number of aromatic nitrogens is 1. The number of benzene rings is 1. The molecule has 2 heterocycles. The van der Waals surface area contributed by atoms with E-state index in [1.807, 2.05) is 0 Å². The largest absolute Gasteiger partial charge is 0.491 e. The van der Waals surface area contributed by atoms with Crippen LogP contribution in [0.5, 0.6) is 11.6 Å². The Morgan fingerprint density at radius 1 is 1.29 bits per heavy atom. The fraction of sp³-hybridized carbons (Fsp3) is 0.316. The lowest BCUT2D eigenvalue weighted by atomic mass is 9.96. The second kappa shape index (κ2) is 8.02. The number of rotatable bonds is 5. The minimum Gasteiger partial charge on any atom is -0.491 e. The van der Waals surface area contributed by atoms with Crippen molar-refractivity contribution in [3.8, 4) is 11.6 Å². The van der Waals surface area contributed by atoms with Crippen LogP contribution in [0.4, 0.5) is 4.39 Å². The van der Waals surface area contributed by atoms with Crippen LogP contribution < -0.4 is 9.47 Å². The van der Waals surface area contributed by atoms with Crippen LogP contribution in [0.25, 0.3) is 0 Å². The van der Waals surface area contributed by atoms with Gasteiger partial charge in [0, 0.05) is 18.7 Å². The number of carbonyl (C=O) groups is 2. The Bertz CT molecular complexity index is 950. The van der Waals surface area contributed by atoms with Crippen molar-refractivity contribution in [2.24, 2.45) is 0 Å². The third-order valence-corrected chi connectivity index (χ3v) is 4.78. The number of ether oxygens (including phenoxy) is 3. The van der Waals surface area contributed by atoms with Gasteiger partial charge >= 0.3 is 5.97 Å². The van der Waals surface area contributed by atoms with Gasteiger partial charge in [0.05, 0.1) is 31.9 Å². The number of esters is 1. The van der Waals surface area contributed by atoms with Crippen LogP contribution in [0.1, 0.15) is 32.0 Å². The lowest BCUT2D eigenvalue weighted by molar-refractivity contribution is 0.0589. The summed E-state index contributed by atoms with van der Waals surface area (Å²) in [5.74, 6) is -1.38. The highest BCUT2D eigenvalue weighted by Crippen LogP contribution is 2.37. The summed E-state index contributed by atoms with van der Waals surface area (Å²) in [5, 5.41) is -0.0150. The van der Waals surface area contributed by atoms with E-state index in [2.05, 4.69) is 4.98 Å². The fourth-order valence-electron chi connectivity index (χ4n) is 3.16. The predicted octanol–water partition coefficient (Wildman–Crippen LogP) is 2.88. The molecule has 9 heteroatoms. The zero-order chi connectivity index (χ0) is 20.4. The molecular formula is C19H18ClFN2O5. The van der Waals surface area contributed by atoms with Crippen molar-refractivity contribution in [2.45, 2.75) is 13.0 Å². The Labute approximate surface area is 166 Å². The Balaban J connectivity index is 2.04. The highest BCUT2D eigenvalue weighted by molar-refractivity contribution is 6.30. The maximum atomic E-state index is 13.4. The minimum atomic E-state index is -0.663. The lowest BCUT2D eigenvalue weighted by Crippen LogP contribution is -2.38. The minimum absolute atomic E-state index is 0.0150. The van der Waals surface area contributed by atoms with Crippen LogP contribution >= 0.6 is 11.6 Å². The SMILES string of the molecule is COC(=O)c1nc(OC)c(OC)c2c1CCN(Cc1ccc(F)c(Cl)c1)C2=O. The first-order chi connectivity index (χ1) is 13.4. The summed E-state index contributed by atoms with van der Waals surface area (Å²) in [6.07, 6.45) is 0.369. The molecule has 148 valence electrons. The fourth-order valence-corrected chi connectivity index (χ4v) is 3.36. The topological polar surface area (TPSA) is 78.0 Å². The van der Waals surface area contributed by atoms with E-state index in [1.165, 1.54) is 33.5 Å². The molecule has 1 aliphatic rings. The first-order valence-electron chi connectivity index (χ1n) is 8.37. The Kier molecular flexibility index (Phi) is 5.69. The molecule has 3 rings (SSSR count). The van der Waals surface area contributed by atoms with E-state index in [-0.39, 0.29) is 40.4 Å². The molecule has 1 aromatic heterocycles. The summed E-state index contributed by atoms with van der Waals surface area (Å²) in [5.41, 5.74) is 1.35. The van der Waals surface area contributed by atoms with E-state index in [1.54, 1.807) is 11.0 Å². The molecule has 0 aliphatic carbocycles. The van der Waals surface area contributed by atoms with Crippen molar-refractivity contribution in [3.63, 3.8) is 0 Å². The molecule has 28 heavy (non-hydrogen) atoms. The quantitative estimate of drug-likeness (QED) is 0.708. The van der Waals surface area contributed by atoms with Crippen LogP contribution in [-0.2, 0) is 17.7 Å². The van der Waals surface area contributed by atoms with Gasteiger partial charge in [-0.2, -0.15) is 0 Å². The number of pyridine rings is 1. The van der Waals surface area contributed by atoms with Gasteiger partial charge in [-0.1, -0.05) is 17.7 Å². The first kappa shape index (κ1) is 19.9. The number of amides is 1. The van der Waals surface area contributed by atoms with E-state index >= 15 is 0 Å². The van der Waals surface area contributed by atoms with Crippen LogP contribution in [0.3, 0.4) is 0 Å². The zero-order valence-electron chi connectivity index (χ0n) is 15.5. The van der Waals surface area contributed by atoms with E-state index < -0.39 is 11.8 Å². The maximum absolute atomic E-state index is 13.4. The molecule has 0 atom stereocenters. The second-order valence-electron chi connectivity index (χ2n) is 6.07. The number of fused-ring (bicyclic) bond motifs is 1. The number of methoxy groups -OCH3 is 3. The van der Waals surface area contributed by atoms with Gasteiger partial charge in [-0.25, -0.2) is 14.2 Å². The van der Waals surface area contributed by atoms with E-state index in [0.717, 1.165) is 0 Å². The summed E-state index contributed by atoms with van der Waals surface area (Å²) < 4.78 is 28.7.